The lowest BCUT2D eigenvalue weighted by Crippen LogP contribution is -2.37. The molecule has 2 aromatic rings. The molecule has 2 N–H and O–H groups in total. The summed E-state index contributed by atoms with van der Waals surface area (Å²) in [6, 6.07) is 10.6. The van der Waals surface area contributed by atoms with Gasteiger partial charge in [-0.3, -0.25) is 19.8 Å². The second-order valence-corrected chi connectivity index (χ2v) is 8.44. The van der Waals surface area contributed by atoms with E-state index in [-0.39, 0.29) is 11.6 Å². The first-order valence-corrected chi connectivity index (χ1v) is 12.3. The van der Waals surface area contributed by atoms with Crippen LogP contribution in [0.1, 0.15) is 64.7 Å². The number of benzene rings is 2. The van der Waals surface area contributed by atoms with Crippen LogP contribution in [0.3, 0.4) is 0 Å². The second kappa shape index (κ2) is 15.4. The van der Waals surface area contributed by atoms with Crippen LogP contribution in [0.2, 0.25) is 0 Å². The van der Waals surface area contributed by atoms with E-state index < -0.39 is 16.8 Å². The van der Waals surface area contributed by atoms with E-state index in [2.05, 4.69) is 17.6 Å². The fourth-order valence-corrected chi connectivity index (χ4v) is 3.62. The minimum absolute atomic E-state index is 0.00206. The Morgan fingerprint density at radius 1 is 0.914 bits per heavy atom. The van der Waals surface area contributed by atoms with E-state index in [4.69, 9.17) is 0 Å². The molecule has 0 aromatic heterocycles. The lowest BCUT2D eigenvalue weighted by atomic mass is 10.1. The first kappa shape index (κ1) is 27.8. The van der Waals surface area contributed by atoms with Crippen LogP contribution in [-0.4, -0.2) is 30.0 Å². The number of nitrogens with zero attached hydrogens (tertiary/aromatic N) is 2. The zero-order valence-electron chi connectivity index (χ0n) is 20.3. The smallest absolute Gasteiger partial charge is 0.326 e. The standard InChI is InChI=1S/C26H35FN4O4/c1-2-3-4-5-6-7-8-10-25(32)28-19-9-20-30(23-15-11-21(27)12-16-23)26(33)29-22-13-17-24(18-14-22)31(34)35/h11-18H,2-10,19-20H2,1H3,(H,28,32)(H,29,33). The number of anilines is 2. The lowest BCUT2D eigenvalue weighted by molar-refractivity contribution is -0.384. The molecule has 2 rings (SSSR count). The summed E-state index contributed by atoms with van der Waals surface area (Å²) >= 11 is 0. The number of unbranched alkanes of at least 4 members (excludes halogenated alkanes) is 6. The van der Waals surface area contributed by atoms with E-state index >= 15 is 0 Å². The molecule has 190 valence electrons. The summed E-state index contributed by atoms with van der Waals surface area (Å²) in [5, 5.41) is 16.4. The Labute approximate surface area is 206 Å². The van der Waals surface area contributed by atoms with Crippen molar-refractivity contribution in [1.29, 1.82) is 0 Å². The normalized spacial score (nSPS) is 10.6. The number of nitrogens with one attached hydrogen (secondary N) is 2. The van der Waals surface area contributed by atoms with Gasteiger partial charge in [0.15, 0.2) is 0 Å². The molecule has 0 aliphatic rings. The number of urea groups is 1. The molecule has 0 fully saturated rings. The SMILES string of the molecule is CCCCCCCCCC(=O)NCCCN(C(=O)Nc1ccc([N+](=O)[O-])cc1)c1ccc(F)cc1. The molecule has 2 aromatic carbocycles. The average molecular weight is 487 g/mol. The summed E-state index contributed by atoms with van der Waals surface area (Å²) in [6.45, 7) is 2.90. The van der Waals surface area contributed by atoms with Crippen molar-refractivity contribution in [3.63, 3.8) is 0 Å². The van der Waals surface area contributed by atoms with Gasteiger partial charge in [-0.15, -0.1) is 0 Å². The van der Waals surface area contributed by atoms with Gasteiger partial charge in [0.2, 0.25) is 5.91 Å². The molecule has 0 radical (unpaired) electrons. The highest BCUT2D eigenvalue weighted by molar-refractivity contribution is 6.01. The van der Waals surface area contributed by atoms with Crippen LogP contribution in [0.5, 0.6) is 0 Å². The minimum Gasteiger partial charge on any atom is -0.356 e. The summed E-state index contributed by atoms with van der Waals surface area (Å²) in [4.78, 5) is 36.8. The summed E-state index contributed by atoms with van der Waals surface area (Å²) < 4.78 is 13.4. The van der Waals surface area contributed by atoms with Crippen molar-refractivity contribution in [2.75, 3.05) is 23.3 Å². The van der Waals surface area contributed by atoms with E-state index in [9.17, 15) is 24.1 Å². The van der Waals surface area contributed by atoms with Crippen LogP contribution in [0.15, 0.2) is 48.5 Å². The Morgan fingerprint density at radius 3 is 2.17 bits per heavy atom. The summed E-state index contributed by atoms with van der Waals surface area (Å²) in [5.41, 5.74) is 0.821. The average Bonchev–Trinajstić information content (AvgIpc) is 2.84. The number of hydrogen-bond donors (Lipinski definition) is 2. The van der Waals surface area contributed by atoms with Crippen LogP contribution in [-0.2, 0) is 4.79 Å². The molecule has 0 aliphatic carbocycles. The van der Waals surface area contributed by atoms with Gasteiger partial charge < -0.3 is 10.6 Å². The molecule has 0 atom stereocenters. The zero-order valence-corrected chi connectivity index (χ0v) is 20.3. The predicted molar refractivity (Wildman–Crippen MR) is 136 cm³/mol. The number of nitro benzene ring substituents is 1. The number of nitro groups is 1. The molecule has 0 spiro atoms. The molecule has 0 heterocycles. The van der Waals surface area contributed by atoms with E-state index in [1.807, 2.05) is 0 Å². The van der Waals surface area contributed by atoms with Gasteiger partial charge in [-0.1, -0.05) is 45.4 Å². The molecule has 8 nitrogen and oxygen atoms in total. The Hall–Kier alpha value is -3.49. The molecular formula is C26H35FN4O4. The summed E-state index contributed by atoms with van der Waals surface area (Å²) in [7, 11) is 0. The number of rotatable bonds is 15. The van der Waals surface area contributed by atoms with Gasteiger partial charge in [0.1, 0.15) is 5.82 Å². The van der Waals surface area contributed by atoms with Crippen molar-refractivity contribution in [3.8, 4) is 0 Å². The first-order chi connectivity index (χ1) is 16.9. The number of hydrogen-bond acceptors (Lipinski definition) is 4. The zero-order chi connectivity index (χ0) is 25.5. The Kier molecular flexibility index (Phi) is 12.2. The highest BCUT2D eigenvalue weighted by Gasteiger charge is 2.17. The highest BCUT2D eigenvalue weighted by Crippen LogP contribution is 2.19. The van der Waals surface area contributed by atoms with E-state index in [1.165, 1.54) is 79.1 Å². The third-order valence-electron chi connectivity index (χ3n) is 5.60. The van der Waals surface area contributed by atoms with Crippen molar-refractivity contribution in [3.05, 3.63) is 64.5 Å². The van der Waals surface area contributed by atoms with Crippen molar-refractivity contribution in [2.45, 2.75) is 64.7 Å². The number of carbonyl (C=O) groups excluding carboxylic acids is 2. The van der Waals surface area contributed by atoms with Gasteiger partial charge in [-0.2, -0.15) is 0 Å². The van der Waals surface area contributed by atoms with Crippen LogP contribution < -0.4 is 15.5 Å². The van der Waals surface area contributed by atoms with E-state index in [0.717, 1.165) is 19.3 Å². The Morgan fingerprint density at radius 2 is 1.54 bits per heavy atom. The van der Waals surface area contributed by atoms with Gasteiger partial charge in [-0.05, 0) is 49.2 Å². The third-order valence-corrected chi connectivity index (χ3v) is 5.60. The van der Waals surface area contributed by atoms with Crippen LogP contribution >= 0.6 is 0 Å². The van der Waals surface area contributed by atoms with Crippen molar-refractivity contribution in [1.82, 2.24) is 5.32 Å². The van der Waals surface area contributed by atoms with Crippen LogP contribution in [0.25, 0.3) is 0 Å². The highest BCUT2D eigenvalue weighted by atomic mass is 19.1. The number of carbonyl (C=O) groups is 2. The number of halogens is 1. The third kappa shape index (κ3) is 10.5. The topological polar surface area (TPSA) is 105 Å². The molecule has 0 saturated carbocycles. The molecule has 0 saturated heterocycles. The quantitative estimate of drug-likeness (QED) is 0.172. The molecular weight excluding hydrogens is 451 g/mol. The maximum Gasteiger partial charge on any atom is 0.326 e. The predicted octanol–water partition coefficient (Wildman–Crippen LogP) is 6.42. The summed E-state index contributed by atoms with van der Waals surface area (Å²) in [5.74, 6) is -0.413. The maximum absolute atomic E-state index is 13.4. The minimum atomic E-state index is -0.516. The maximum atomic E-state index is 13.4. The van der Waals surface area contributed by atoms with Gasteiger partial charge in [-0.25, -0.2) is 9.18 Å². The van der Waals surface area contributed by atoms with Crippen molar-refractivity contribution in [2.24, 2.45) is 0 Å². The molecule has 9 heteroatoms. The Balaban J connectivity index is 1.82. The fourth-order valence-electron chi connectivity index (χ4n) is 3.62. The summed E-state index contributed by atoms with van der Waals surface area (Å²) in [6.07, 6.45) is 9.05. The fraction of sp³-hybridized carbons (Fsp3) is 0.462. The molecule has 0 bridgehead atoms. The van der Waals surface area contributed by atoms with Crippen LogP contribution in [0.4, 0.5) is 26.2 Å². The lowest BCUT2D eigenvalue weighted by Gasteiger charge is -2.23. The Bertz CT molecular complexity index is 935. The molecule has 3 amide bonds. The van der Waals surface area contributed by atoms with Crippen molar-refractivity contribution >= 4 is 29.0 Å². The van der Waals surface area contributed by atoms with Crippen LogP contribution in [0, 0.1) is 15.9 Å². The van der Waals surface area contributed by atoms with Gasteiger partial charge >= 0.3 is 6.03 Å². The van der Waals surface area contributed by atoms with Gasteiger partial charge in [0, 0.05) is 43.0 Å². The largest absolute Gasteiger partial charge is 0.356 e. The van der Waals surface area contributed by atoms with Gasteiger partial charge in [0.25, 0.3) is 5.69 Å². The van der Waals surface area contributed by atoms with Gasteiger partial charge in [0.05, 0.1) is 4.92 Å². The van der Waals surface area contributed by atoms with E-state index in [0.29, 0.717) is 37.3 Å². The molecule has 0 unspecified atom stereocenters. The first-order valence-electron chi connectivity index (χ1n) is 12.3. The molecule has 35 heavy (non-hydrogen) atoms. The van der Waals surface area contributed by atoms with E-state index in [1.54, 1.807) is 0 Å². The molecule has 0 aliphatic heterocycles. The number of amides is 3. The monoisotopic (exact) mass is 486 g/mol. The number of non-ortho nitro benzene ring substituents is 1. The second-order valence-electron chi connectivity index (χ2n) is 8.44. The van der Waals surface area contributed by atoms with Crippen molar-refractivity contribution < 1.29 is 18.9 Å².